The van der Waals surface area contributed by atoms with Gasteiger partial charge in [0.2, 0.25) is 0 Å². The highest BCUT2D eigenvalue weighted by Gasteiger charge is 2.26. The molecule has 0 saturated carbocycles. The molecule has 0 aromatic carbocycles. The van der Waals surface area contributed by atoms with Crippen LogP contribution in [0.25, 0.3) is 5.65 Å². The fraction of sp³-hybridized carbons (Fsp3) is 0.500. The minimum absolute atomic E-state index is 0.0235. The molecule has 2 aromatic rings. The molecule has 0 fully saturated rings. The Morgan fingerprint density at radius 3 is 2.94 bits per heavy atom. The van der Waals surface area contributed by atoms with Gasteiger partial charge >= 0.3 is 0 Å². The van der Waals surface area contributed by atoms with Gasteiger partial charge in [-0.05, 0) is 19.9 Å². The van der Waals surface area contributed by atoms with E-state index < -0.39 is 0 Å². The van der Waals surface area contributed by atoms with E-state index in [0.29, 0.717) is 11.7 Å². The molecule has 1 N–H and O–H groups in total. The summed E-state index contributed by atoms with van der Waals surface area (Å²) in [4.78, 5) is 6.81. The van der Waals surface area contributed by atoms with Gasteiger partial charge in [0.15, 0.2) is 5.65 Å². The van der Waals surface area contributed by atoms with Gasteiger partial charge < -0.3 is 5.11 Å². The van der Waals surface area contributed by atoms with Crippen molar-refractivity contribution in [3.8, 4) is 0 Å². The maximum atomic E-state index is 9.12. The van der Waals surface area contributed by atoms with Crippen LogP contribution in [0.15, 0.2) is 12.3 Å². The molecule has 5 heteroatoms. The van der Waals surface area contributed by atoms with Crippen molar-refractivity contribution in [2.24, 2.45) is 0 Å². The van der Waals surface area contributed by atoms with E-state index in [4.69, 9.17) is 5.11 Å². The molecule has 0 bridgehead atoms. The summed E-state index contributed by atoms with van der Waals surface area (Å²) in [7, 11) is 0. The molecule has 3 heterocycles. The van der Waals surface area contributed by atoms with Crippen molar-refractivity contribution in [2.45, 2.75) is 39.6 Å². The molecule has 0 aliphatic carbocycles. The number of rotatable bonds is 2. The van der Waals surface area contributed by atoms with Crippen LogP contribution < -0.4 is 0 Å². The Balaban J connectivity index is 2.07. The van der Waals surface area contributed by atoms with Gasteiger partial charge in [0.05, 0.1) is 18.0 Å². The summed E-state index contributed by atoms with van der Waals surface area (Å²) in [5.74, 6) is 0. The van der Waals surface area contributed by atoms with Crippen molar-refractivity contribution in [3.05, 3.63) is 29.2 Å². The fourth-order valence-corrected chi connectivity index (χ4v) is 2.25. The number of hydrogen-bond donors (Lipinski definition) is 1. The Labute approximate surface area is 99.7 Å². The van der Waals surface area contributed by atoms with Crippen LogP contribution in [0.2, 0.25) is 0 Å². The lowest BCUT2D eigenvalue weighted by Crippen LogP contribution is -2.25. The van der Waals surface area contributed by atoms with Crippen LogP contribution in [0.3, 0.4) is 0 Å². The zero-order valence-electron chi connectivity index (χ0n) is 10.1. The predicted octanol–water partition coefficient (Wildman–Crippen LogP) is 0.946. The van der Waals surface area contributed by atoms with Crippen molar-refractivity contribution >= 4 is 5.65 Å². The summed E-state index contributed by atoms with van der Waals surface area (Å²) in [5.41, 5.74) is 3.90. The third kappa shape index (κ3) is 1.62. The molecule has 5 nitrogen and oxygen atoms in total. The minimum atomic E-state index is -0.0235. The highest BCUT2D eigenvalue weighted by molar-refractivity contribution is 5.52. The number of aliphatic hydroxyl groups is 1. The lowest BCUT2D eigenvalue weighted by Gasteiger charge is -2.19. The molecule has 0 radical (unpaired) electrons. The Morgan fingerprint density at radius 1 is 1.41 bits per heavy atom. The van der Waals surface area contributed by atoms with Gasteiger partial charge in [-0.25, -0.2) is 9.50 Å². The lowest BCUT2D eigenvalue weighted by atomic mass is 10.3. The minimum Gasteiger partial charge on any atom is -0.390 e. The summed E-state index contributed by atoms with van der Waals surface area (Å²) >= 11 is 0. The molecule has 2 aromatic heterocycles. The first-order chi connectivity index (χ1) is 8.19. The normalized spacial score (nSPS) is 16.0. The number of nitrogens with zero attached hydrogens (tertiary/aromatic N) is 4. The first-order valence-electron chi connectivity index (χ1n) is 5.90. The van der Waals surface area contributed by atoms with E-state index in [1.807, 2.05) is 10.7 Å². The Morgan fingerprint density at radius 2 is 2.24 bits per heavy atom. The van der Waals surface area contributed by atoms with Gasteiger partial charge in [-0.3, -0.25) is 4.90 Å². The molecular formula is C12H16N4O. The third-order valence-corrected chi connectivity index (χ3v) is 3.33. The van der Waals surface area contributed by atoms with Gasteiger partial charge in [-0.2, -0.15) is 5.10 Å². The highest BCUT2D eigenvalue weighted by Crippen LogP contribution is 2.26. The molecule has 3 rings (SSSR count). The summed E-state index contributed by atoms with van der Waals surface area (Å²) in [5, 5.41) is 13.7. The molecule has 1 aliphatic rings. The second-order valence-corrected chi connectivity index (χ2v) is 4.77. The monoisotopic (exact) mass is 232 g/mol. The molecule has 90 valence electrons. The quantitative estimate of drug-likeness (QED) is 0.837. The summed E-state index contributed by atoms with van der Waals surface area (Å²) in [6, 6.07) is 2.32. The van der Waals surface area contributed by atoms with Gasteiger partial charge in [0, 0.05) is 30.9 Å². The Bertz CT molecular complexity index is 561. The molecular weight excluding hydrogens is 216 g/mol. The molecule has 0 unspecified atom stereocenters. The van der Waals surface area contributed by atoms with Gasteiger partial charge in [-0.15, -0.1) is 0 Å². The van der Waals surface area contributed by atoms with Crippen LogP contribution in [0, 0.1) is 0 Å². The van der Waals surface area contributed by atoms with Crippen LogP contribution >= 0.6 is 0 Å². The smallest absolute Gasteiger partial charge is 0.160 e. The van der Waals surface area contributed by atoms with Gasteiger partial charge in [0.25, 0.3) is 0 Å². The first-order valence-corrected chi connectivity index (χ1v) is 5.90. The van der Waals surface area contributed by atoms with Crippen molar-refractivity contribution in [1.82, 2.24) is 19.5 Å². The van der Waals surface area contributed by atoms with E-state index >= 15 is 0 Å². The van der Waals surface area contributed by atoms with E-state index in [1.165, 1.54) is 5.56 Å². The number of aromatic nitrogens is 3. The zero-order chi connectivity index (χ0) is 12.0. The maximum absolute atomic E-state index is 9.12. The van der Waals surface area contributed by atoms with Crippen LogP contribution in [0.5, 0.6) is 0 Å². The second kappa shape index (κ2) is 3.78. The fourth-order valence-electron chi connectivity index (χ4n) is 2.25. The number of aliphatic hydroxyl groups excluding tert-OH is 1. The maximum Gasteiger partial charge on any atom is 0.160 e. The van der Waals surface area contributed by atoms with E-state index in [9.17, 15) is 0 Å². The van der Waals surface area contributed by atoms with Crippen LogP contribution in [0.1, 0.15) is 30.8 Å². The molecule has 0 atom stereocenters. The molecule has 0 saturated heterocycles. The molecule has 1 aliphatic heterocycles. The average Bonchev–Trinajstić information content (AvgIpc) is 2.85. The zero-order valence-corrected chi connectivity index (χ0v) is 10.1. The van der Waals surface area contributed by atoms with Gasteiger partial charge in [-0.1, -0.05) is 0 Å². The number of fused-ring (bicyclic) bond motifs is 3. The van der Waals surface area contributed by atoms with Crippen molar-refractivity contribution in [2.75, 3.05) is 0 Å². The van der Waals surface area contributed by atoms with E-state index in [2.05, 4.69) is 28.8 Å². The summed E-state index contributed by atoms with van der Waals surface area (Å²) < 4.78 is 1.81. The van der Waals surface area contributed by atoms with Crippen LogP contribution in [-0.2, 0) is 19.7 Å². The van der Waals surface area contributed by atoms with Crippen LogP contribution in [0.4, 0.5) is 0 Å². The highest BCUT2D eigenvalue weighted by atomic mass is 16.3. The molecule has 0 spiro atoms. The molecule has 0 amide bonds. The van der Waals surface area contributed by atoms with Crippen molar-refractivity contribution in [1.29, 1.82) is 0 Å². The van der Waals surface area contributed by atoms with E-state index in [0.717, 1.165) is 24.4 Å². The SMILES string of the molecule is CC(C)N1Cc2nn3ccc(CO)nc3c2C1. The largest absolute Gasteiger partial charge is 0.390 e. The Kier molecular flexibility index (Phi) is 2.38. The lowest BCUT2D eigenvalue weighted by molar-refractivity contribution is 0.225. The average molecular weight is 232 g/mol. The summed E-state index contributed by atoms with van der Waals surface area (Å²) in [6.45, 7) is 6.15. The third-order valence-electron chi connectivity index (χ3n) is 3.33. The van der Waals surface area contributed by atoms with E-state index in [1.54, 1.807) is 6.07 Å². The van der Waals surface area contributed by atoms with Gasteiger partial charge in [0.1, 0.15) is 0 Å². The second-order valence-electron chi connectivity index (χ2n) is 4.77. The van der Waals surface area contributed by atoms with Crippen molar-refractivity contribution < 1.29 is 5.11 Å². The first kappa shape index (κ1) is 10.7. The summed E-state index contributed by atoms with van der Waals surface area (Å²) in [6.07, 6.45) is 1.87. The topological polar surface area (TPSA) is 53.7 Å². The number of hydrogen-bond acceptors (Lipinski definition) is 4. The standard InChI is InChI=1S/C12H16N4O/c1-8(2)15-5-10-11(6-15)14-16-4-3-9(7-17)13-12(10)16/h3-4,8,17H,5-7H2,1-2H3. The van der Waals surface area contributed by atoms with Crippen molar-refractivity contribution in [3.63, 3.8) is 0 Å². The predicted molar refractivity (Wildman–Crippen MR) is 63.3 cm³/mol. The van der Waals surface area contributed by atoms with Crippen LogP contribution in [-0.4, -0.2) is 30.6 Å². The molecule has 17 heavy (non-hydrogen) atoms. The van der Waals surface area contributed by atoms with E-state index in [-0.39, 0.29) is 6.61 Å². The Hall–Kier alpha value is -1.46.